The summed E-state index contributed by atoms with van der Waals surface area (Å²) in [6.07, 6.45) is 2.94. The van der Waals surface area contributed by atoms with Gasteiger partial charge in [-0.25, -0.2) is 4.98 Å². The van der Waals surface area contributed by atoms with E-state index in [-0.39, 0.29) is 18.2 Å². The molecule has 0 aliphatic carbocycles. The number of fused-ring (bicyclic) bond motifs is 1. The average molecular weight is 300 g/mol. The number of aromatic nitrogens is 2. The van der Waals surface area contributed by atoms with Crippen LogP contribution in [0.25, 0.3) is 11.4 Å². The Balaban J connectivity index is 1.73. The molecular formula is C17H20N2O3. The van der Waals surface area contributed by atoms with Crippen LogP contribution < -0.4 is 0 Å². The van der Waals surface area contributed by atoms with E-state index < -0.39 is 6.10 Å². The quantitative estimate of drug-likeness (QED) is 0.920. The smallest absolute Gasteiger partial charge is 0.140 e. The summed E-state index contributed by atoms with van der Waals surface area (Å²) in [6, 6.07) is 6.32. The van der Waals surface area contributed by atoms with Crippen molar-refractivity contribution in [2.75, 3.05) is 13.2 Å². The fraction of sp³-hybridized carbons (Fsp3) is 0.471. The van der Waals surface area contributed by atoms with Crippen molar-refractivity contribution in [3.8, 4) is 11.4 Å². The minimum atomic E-state index is -0.525. The van der Waals surface area contributed by atoms with Crippen molar-refractivity contribution in [2.45, 2.75) is 38.2 Å². The SMILES string of the molecule is Cc1cccc(-c2nccn2[C@@H]2CO[C@H]3[C@@H]2OC[C@H]3O)c1C. The van der Waals surface area contributed by atoms with Gasteiger partial charge in [-0.05, 0) is 25.0 Å². The van der Waals surface area contributed by atoms with Crippen molar-refractivity contribution in [1.29, 1.82) is 0 Å². The van der Waals surface area contributed by atoms with Crippen molar-refractivity contribution < 1.29 is 14.6 Å². The van der Waals surface area contributed by atoms with Crippen molar-refractivity contribution in [3.63, 3.8) is 0 Å². The summed E-state index contributed by atoms with van der Waals surface area (Å²) in [6.45, 7) is 5.12. The third-order valence-corrected chi connectivity index (χ3v) is 4.87. The van der Waals surface area contributed by atoms with Gasteiger partial charge in [0.05, 0.1) is 19.3 Å². The molecule has 1 N–H and O–H groups in total. The molecule has 2 aliphatic heterocycles. The molecule has 2 fully saturated rings. The third kappa shape index (κ3) is 2.00. The lowest BCUT2D eigenvalue weighted by molar-refractivity contribution is 0.0172. The summed E-state index contributed by atoms with van der Waals surface area (Å²) >= 11 is 0. The van der Waals surface area contributed by atoms with Crippen LogP contribution in [0.5, 0.6) is 0 Å². The Hall–Kier alpha value is -1.69. The van der Waals surface area contributed by atoms with E-state index in [9.17, 15) is 5.11 Å². The number of nitrogens with zero attached hydrogens (tertiary/aromatic N) is 2. The van der Waals surface area contributed by atoms with Crippen LogP contribution >= 0.6 is 0 Å². The Kier molecular flexibility index (Phi) is 3.29. The Morgan fingerprint density at radius 3 is 2.86 bits per heavy atom. The van der Waals surface area contributed by atoms with Gasteiger partial charge < -0.3 is 19.1 Å². The minimum Gasteiger partial charge on any atom is -0.388 e. The lowest BCUT2D eigenvalue weighted by atomic mass is 10.0. The van der Waals surface area contributed by atoms with Crippen molar-refractivity contribution in [2.24, 2.45) is 0 Å². The summed E-state index contributed by atoms with van der Waals surface area (Å²) in [4.78, 5) is 4.56. The van der Waals surface area contributed by atoms with Gasteiger partial charge in [0.25, 0.3) is 0 Å². The number of benzene rings is 1. The summed E-state index contributed by atoms with van der Waals surface area (Å²) in [5.74, 6) is 0.931. The highest BCUT2D eigenvalue weighted by molar-refractivity contribution is 5.62. The average Bonchev–Trinajstić information content (AvgIpc) is 3.19. The number of ether oxygens (including phenoxy) is 2. The monoisotopic (exact) mass is 300 g/mol. The summed E-state index contributed by atoms with van der Waals surface area (Å²) < 4.78 is 13.6. The summed E-state index contributed by atoms with van der Waals surface area (Å²) in [7, 11) is 0. The second kappa shape index (κ2) is 5.19. The van der Waals surface area contributed by atoms with Gasteiger partial charge in [0.15, 0.2) is 0 Å². The Labute approximate surface area is 129 Å². The second-order valence-corrected chi connectivity index (χ2v) is 6.14. The maximum atomic E-state index is 9.91. The fourth-order valence-corrected chi connectivity index (χ4v) is 3.48. The van der Waals surface area contributed by atoms with E-state index in [0.29, 0.717) is 13.2 Å². The number of aryl methyl sites for hydroxylation is 1. The number of rotatable bonds is 2. The van der Waals surface area contributed by atoms with E-state index in [4.69, 9.17) is 9.47 Å². The fourth-order valence-electron chi connectivity index (χ4n) is 3.48. The van der Waals surface area contributed by atoms with Gasteiger partial charge >= 0.3 is 0 Å². The van der Waals surface area contributed by atoms with Gasteiger partial charge in [0.1, 0.15) is 24.1 Å². The van der Waals surface area contributed by atoms with Crippen LogP contribution in [0.4, 0.5) is 0 Å². The number of hydrogen-bond donors (Lipinski definition) is 1. The molecule has 1 aromatic heterocycles. The number of aliphatic hydroxyl groups excluding tert-OH is 1. The van der Waals surface area contributed by atoms with Crippen LogP contribution in [0.2, 0.25) is 0 Å². The topological polar surface area (TPSA) is 56.5 Å². The molecule has 0 unspecified atom stereocenters. The molecule has 2 saturated heterocycles. The van der Waals surface area contributed by atoms with Gasteiger partial charge in [-0.15, -0.1) is 0 Å². The van der Waals surface area contributed by atoms with Crippen LogP contribution in [-0.2, 0) is 9.47 Å². The third-order valence-electron chi connectivity index (χ3n) is 4.87. The lowest BCUT2D eigenvalue weighted by Gasteiger charge is -2.20. The molecule has 4 rings (SSSR count). The highest BCUT2D eigenvalue weighted by Crippen LogP contribution is 2.37. The molecule has 0 spiro atoms. The van der Waals surface area contributed by atoms with Crippen molar-refractivity contribution in [3.05, 3.63) is 41.7 Å². The van der Waals surface area contributed by atoms with E-state index in [0.717, 1.165) is 11.4 Å². The van der Waals surface area contributed by atoms with Crippen LogP contribution in [0.15, 0.2) is 30.6 Å². The van der Waals surface area contributed by atoms with E-state index in [1.807, 2.05) is 12.4 Å². The molecule has 0 amide bonds. The van der Waals surface area contributed by atoms with Gasteiger partial charge in [0, 0.05) is 18.0 Å². The Morgan fingerprint density at radius 2 is 2.00 bits per heavy atom. The summed E-state index contributed by atoms with van der Waals surface area (Å²) in [5, 5.41) is 9.91. The zero-order valence-electron chi connectivity index (χ0n) is 12.8. The maximum absolute atomic E-state index is 9.91. The zero-order chi connectivity index (χ0) is 15.3. The summed E-state index contributed by atoms with van der Waals surface area (Å²) in [5.41, 5.74) is 3.62. The van der Waals surface area contributed by atoms with Crippen LogP contribution in [-0.4, -0.2) is 46.2 Å². The number of imidazole rings is 1. The first-order chi connectivity index (χ1) is 10.7. The Bertz CT molecular complexity index is 697. The largest absolute Gasteiger partial charge is 0.388 e. The van der Waals surface area contributed by atoms with Crippen molar-refractivity contribution in [1.82, 2.24) is 9.55 Å². The molecule has 5 heteroatoms. The van der Waals surface area contributed by atoms with Gasteiger partial charge in [-0.1, -0.05) is 18.2 Å². The molecule has 3 heterocycles. The van der Waals surface area contributed by atoms with E-state index in [2.05, 4.69) is 41.6 Å². The Morgan fingerprint density at radius 1 is 1.18 bits per heavy atom. The van der Waals surface area contributed by atoms with Crippen LogP contribution in [0, 0.1) is 13.8 Å². The first-order valence-corrected chi connectivity index (χ1v) is 7.67. The first-order valence-electron chi connectivity index (χ1n) is 7.67. The molecule has 116 valence electrons. The minimum absolute atomic E-state index is 0.0552. The normalized spacial score (nSPS) is 30.7. The van der Waals surface area contributed by atoms with Gasteiger partial charge in [-0.3, -0.25) is 0 Å². The second-order valence-electron chi connectivity index (χ2n) is 6.14. The molecule has 0 bridgehead atoms. The van der Waals surface area contributed by atoms with Gasteiger partial charge in [-0.2, -0.15) is 0 Å². The standard InChI is InChI=1S/C17H20N2O3/c1-10-4-3-5-12(11(10)2)17-18-6-7-19(17)13-8-21-16-14(20)9-22-15(13)16/h3-7,13-16,20H,8-9H2,1-2H3/t13-,14-,15-,16-/m1/s1. The van der Waals surface area contributed by atoms with E-state index in [1.54, 1.807) is 0 Å². The zero-order valence-corrected chi connectivity index (χ0v) is 12.8. The van der Waals surface area contributed by atoms with Crippen molar-refractivity contribution >= 4 is 0 Å². The first kappa shape index (κ1) is 13.9. The highest BCUT2D eigenvalue weighted by Gasteiger charge is 2.48. The molecule has 0 radical (unpaired) electrons. The highest BCUT2D eigenvalue weighted by atomic mass is 16.6. The molecule has 2 aliphatic rings. The van der Waals surface area contributed by atoms with E-state index in [1.165, 1.54) is 11.1 Å². The molecule has 4 atom stereocenters. The molecule has 0 saturated carbocycles. The van der Waals surface area contributed by atoms with Crippen LogP contribution in [0.3, 0.4) is 0 Å². The van der Waals surface area contributed by atoms with Crippen LogP contribution in [0.1, 0.15) is 17.2 Å². The molecule has 22 heavy (non-hydrogen) atoms. The number of hydrogen-bond acceptors (Lipinski definition) is 4. The molecular weight excluding hydrogens is 280 g/mol. The molecule has 2 aromatic rings. The molecule has 5 nitrogen and oxygen atoms in total. The predicted octanol–water partition coefficient (Wildman–Crippen LogP) is 1.87. The lowest BCUT2D eigenvalue weighted by Crippen LogP contribution is -2.30. The van der Waals surface area contributed by atoms with E-state index >= 15 is 0 Å². The van der Waals surface area contributed by atoms with Gasteiger partial charge in [0.2, 0.25) is 0 Å². The molecule has 1 aromatic carbocycles. The number of aliphatic hydroxyl groups is 1. The maximum Gasteiger partial charge on any atom is 0.140 e. The predicted molar refractivity (Wildman–Crippen MR) is 81.7 cm³/mol.